The van der Waals surface area contributed by atoms with Crippen molar-refractivity contribution in [2.24, 2.45) is 0 Å². The van der Waals surface area contributed by atoms with Crippen molar-refractivity contribution in [3.05, 3.63) is 32.8 Å². The second-order valence-electron chi connectivity index (χ2n) is 6.17. The van der Waals surface area contributed by atoms with Gasteiger partial charge in [-0.15, -0.1) is 22.7 Å². The molecule has 0 aliphatic heterocycles. The number of carbonyl (C=O) groups excluding carboxylic acids is 3. The van der Waals surface area contributed by atoms with Crippen molar-refractivity contribution in [3.8, 4) is 0 Å². The monoisotopic (exact) mass is 437 g/mol. The van der Waals surface area contributed by atoms with Crippen LogP contribution in [0.25, 0.3) is 9.53 Å². The molecule has 0 fully saturated rings. The number of hydrogen-bond donors (Lipinski definition) is 1. The highest BCUT2D eigenvalue weighted by Crippen LogP contribution is 2.34. The quantitative estimate of drug-likeness (QED) is 0.430. The third-order valence-corrected chi connectivity index (χ3v) is 7.17. The number of carbonyl (C=O) groups is 3. The standard InChI is InChI=1S/C18H19N3O4S3/c1-10(22)19-7-6-11-4-5-13(26-11)12(23)9-25-17(24)15-8-14-16(27-15)20-18(28-14)21(2)3/h4-5,8H,6-7,9H2,1-3H3,(H,19,22). The lowest BCUT2D eigenvalue weighted by Crippen LogP contribution is -2.22. The highest BCUT2D eigenvalue weighted by Gasteiger charge is 2.18. The number of hydrogen-bond acceptors (Lipinski definition) is 9. The van der Waals surface area contributed by atoms with E-state index in [0.29, 0.717) is 22.7 Å². The Balaban J connectivity index is 1.54. The molecule has 0 unspecified atom stereocenters. The molecular weight excluding hydrogens is 418 g/mol. The zero-order chi connectivity index (χ0) is 20.3. The maximum Gasteiger partial charge on any atom is 0.348 e. The van der Waals surface area contributed by atoms with Crippen molar-refractivity contribution in [2.75, 3.05) is 32.1 Å². The summed E-state index contributed by atoms with van der Waals surface area (Å²) in [6.07, 6.45) is 0.658. The minimum absolute atomic E-state index is 0.0821. The van der Waals surface area contributed by atoms with Crippen LogP contribution >= 0.6 is 34.0 Å². The maximum absolute atomic E-state index is 12.3. The Morgan fingerprint density at radius 1 is 1.14 bits per heavy atom. The van der Waals surface area contributed by atoms with Gasteiger partial charge in [-0.3, -0.25) is 9.59 Å². The largest absolute Gasteiger partial charge is 0.453 e. The van der Waals surface area contributed by atoms with Crippen molar-refractivity contribution in [1.29, 1.82) is 0 Å². The van der Waals surface area contributed by atoms with E-state index in [9.17, 15) is 14.4 Å². The first kappa shape index (κ1) is 20.4. The van der Waals surface area contributed by atoms with Crippen LogP contribution in [0.5, 0.6) is 0 Å². The molecule has 0 saturated heterocycles. The average Bonchev–Trinajstić information content (AvgIpc) is 3.33. The van der Waals surface area contributed by atoms with Gasteiger partial charge in [0, 0.05) is 32.4 Å². The van der Waals surface area contributed by atoms with Crippen molar-refractivity contribution in [1.82, 2.24) is 10.3 Å². The van der Waals surface area contributed by atoms with Crippen LogP contribution in [-0.4, -0.2) is 49.9 Å². The molecule has 3 rings (SSSR count). The second-order valence-corrected chi connectivity index (χ2v) is 9.38. The lowest BCUT2D eigenvalue weighted by atomic mass is 10.3. The topological polar surface area (TPSA) is 88.6 Å². The number of thiophene rings is 2. The summed E-state index contributed by atoms with van der Waals surface area (Å²) >= 11 is 4.11. The van der Waals surface area contributed by atoms with Crippen LogP contribution in [-0.2, 0) is 16.0 Å². The van der Waals surface area contributed by atoms with Crippen LogP contribution in [0.3, 0.4) is 0 Å². The van der Waals surface area contributed by atoms with Gasteiger partial charge in [-0.05, 0) is 24.6 Å². The van der Waals surface area contributed by atoms with E-state index in [-0.39, 0.29) is 18.3 Å². The van der Waals surface area contributed by atoms with Crippen LogP contribution < -0.4 is 10.2 Å². The van der Waals surface area contributed by atoms with E-state index in [2.05, 4.69) is 10.3 Å². The van der Waals surface area contributed by atoms with Crippen LogP contribution in [0, 0.1) is 0 Å². The zero-order valence-electron chi connectivity index (χ0n) is 15.6. The van der Waals surface area contributed by atoms with Gasteiger partial charge >= 0.3 is 5.97 Å². The summed E-state index contributed by atoms with van der Waals surface area (Å²) in [6, 6.07) is 5.32. The molecule has 0 aromatic carbocycles. The molecule has 0 atom stereocenters. The number of nitrogens with one attached hydrogen (secondary N) is 1. The lowest BCUT2D eigenvalue weighted by molar-refractivity contribution is -0.118. The number of ketones is 1. The van der Waals surface area contributed by atoms with E-state index < -0.39 is 5.97 Å². The van der Waals surface area contributed by atoms with E-state index in [0.717, 1.165) is 19.5 Å². The van der Waals surface area contributed by atoms with E-state index >= 15 is 0 Å². The molecule has 3 aromatic rings. The Morgan fingerprint density at radius 2 is 1.93 bits per heavy atom. The fraction of sp³-hybridized carbons (Fsp3) is 0.333. The summed E-state index contributed by atoms with van der Waals surface area (Å²) in [5.74, 6) is -0.839. The fourth-order valence-electron chi connectivity index (χ4n) is 2.31. The molecule has 3 aromatic heterocycles. The van der Waals surface area contributed by atoms with Crippen molar-refractivity contribution >= 4 is 66.3 Å². The number of aromatic nitrogens is 1. The molecule has 10 heteroatoms. The molecule has 3 heterocycles. The van der Waals surface area contributed by atoms with Crippen LogP contribution in [0.4, 0.5) is 5.13 Å². The molecule has 0 aliphatic rings. The number of Topliss-reactive ketones (excluding diaryl/α,β-unsaturated/α-hetero) is 1. The number of fused-ring (bicyclic) bond motifs is 1. The van der Waals surface area contributed by atoms with Gasteiger partial charge in [-0.1, -0.05) is 11.3 Å². The summed E-state index contributed by atoms with van der Waals surface area (Å²) in [5, 5.41) is 3.59. The second kappa shape index (κ2) is 8.80. The lowest BCUT2D eigenvalue weighted by Gasteiger charge is -2.05. The molecule has 0 spiro atoms. The molecule has 0 saturated carbocycles. The molecule has 1 N–H and O–H groups in total. The van der Waals surface area contributed by atoms with Gasteiger partial charge in [0.15, 0.2) is 11.7 Å². The van der Waals surface area contributed by atoms with Gasteiger partial charge in [0.25, 0.3) is 0 Å². The Labute approximate surface area is 174 Å². The third kappa shape index (κ3) is 4.94. The molecule has 148 valence electrons. The van der Waals surface area contributed by atoms with Crippen molar-refractivity contribution in [2.45, 2.75) is 13.3 Å². The first-order valence-corrected chi connectivity index (χ1v) is 10.9. The summed E-state index contributed by atoms with van der Waals surface area (Å²) in [4.78, 5) is 44.5. The van der Waals surface area contributed by atoms with Gasteiger partial charge in [-0.25, -0.2) is 9.78 Å². The van der Waals surface area contributed by atoms with E-state index in [4.69, 9.17) is 4.74 Å². The van der Waals surface area contributed by atoms with Crippen molar-refractivity contribution < 1.29 is 19.1 Å². The molecule has 0 aliphatic carbocycles. The number of rotatable bonds is 8. The first-order valence-electron chi connectivity index (χ1n) is 8.44. The highest BCUT2D eigenvalue weighted by molar-refractivity contribution is 7.29. The summed E-state index contributed by atoms with van der Waals surface area (Å²) < 4.78 is 6.11. The summed E-state index contributed by atoms with van der Waals surface area (Å²) in [7, 11) is 3.83. The highest BCUT2D eigenvalue weighted by atomic mass is 32.1. The smallest absolute Gasteiger partial charge is 0.348 e. The summed E-state index contributed by atoms with van der Waals surface area (Å²) in [6.45, 7) is 1.69. The van der Waals surface area contributed by atoms with E-state index in [1.807, 2.05) is 25.1 Å². The number of thiazole rings is 1. The molecule has 0 radical (unpaired) electrons. The first-order chi connectivity index (χ1) is 13.3. The Morgan fingerprint density at radius 3 is 2.61 bits per heavy atom. The number of ether oxygens (including phenoxy) is 1. The molecule has 7 nitrogen and oxygen atoms in total. The van der Waals surface area contributed by atoms with Crippen molar-refractivity contribution in [3.63, 3.8) is 0 Å². The predicted octanol–water partition coefficient (Wildman–Crippen LogP) is 3.20. The number of anilines is 1. The normalized spacial score (nSPS) is 10.8. The van der Waals surface area contributed by atoms with Gasteiger partial charge in [0.2, 0.25) is 11.7 Å². The van der Waals surface area contributed by atoms with E-state index in [1.165, 1.54) is 40.9 Å². The Kier molecular flexibility index (Phi) is 6.42. The van der Waals surface area contributed by atoms with E-state index in [1.54, 1.807) is 12.1 Å². The molecule has 1 amide bonds. The predicted molar refractivity (Wildman–Crippen MR) is 113 cm³/mol. The number of nitrogens with zero attached hydrogens (tertiary/aromatic N) is 2. The minimum Gasteiger partial charge on any atom is -0.453 e. The SMILES string of the molecule is CC(=O)NCCc1ccc(C(=O)COC(=O)c2cc3sc(N(C)C)nc3s2)s1. The van der Waals surface area contributed by atoms with Crippen LogP contribution in [0.2, 0.25) is 0 Å². The Hall–Kier alpha value is -2.30. The fourth-order valence-corrected chi connectivity index (χ4v) is 5.27. The number of esters is 1. The summed E-state index contributed by atoms with van der Waals surface area (Å²) in [5.41, 5.74) is 0. The maximum atomic E-state index is 12.3. The van der Waals surface area contributed by atoms with Gasteiger partial charge < -0.3 is 15.0 Å². The van der Waals surface area contributed by atoms with Crippen LogP contribution in [0.1, 0.15) is 31.1 Å². The van der Waals surface area contributed by atoms with Crippen LogP contribution in [0.15, 0.2) is 18.2 Å². The number of amides is 1. The van der Waals surface area contributed by atoms with Gasteiger partial charge in [0.1, 0.15) is 9.71 Å². The Bertz CT molecular complexity index is 987. The zero-order valence-corrected chi connectivity index (χ0v) is 18.1. The molecular formula is C18H19N3O4S3. The molecule has 0 bridgehead atoms. The third-order valence-electron chi connectivity index (χ3n) is 3.68. The van der Waals surface area contributed by atoms with Gasteiger partial charge in [-0.2, -0.15) is 0 Å². The average molecular weight is 438 g/mol. The minimum atomic E-state index is -0.516. The van der Waals surface area contributed by atoms with Gasteiger partial charge in [0.05, 0.1) is 9.58 Å². The molecule has 28 heavy (non-hydrogen) atoms.